The monoisotopic (exact) mass is 474 g/mol. The van der Waals surface area contributed by atoms with E-state index in [9.17, 15) is 19.7 Å². The molecule has 3 aromatic rings. The van der Waals surface area contributed by atoms with Gasteiger partial charge < -0.3 is 9.47 Å². The van der Waals surface area contributed by atoms with Gasteiger partial charge in [0.25, 0.3) is 5.69 Å². The van der Waals surface area contributed by atoms with Crippen molar-refractivity contribution in [2.24, 2.45) is 4.99 Å². The lowest BCUT2D eigenvalue weighted by atomic mass is 10.1. The van der Waals surface area contributed by atoms with Gasteiger partial charge in [0.2, 0.25) is 5.90 Å². The molecule has 1 aliphatic rings. The van der Waals surface area contributed by atoms with E-state index in [0.717, 1.165) is 5.56 Å². The van der Waals surface area contributed by atoms with Gasteiger partial charge >= 0.3 is 11.9 Å². The summed E-state index contributed by atoms with van der Waals surface area (Å²) in [5.74, 6) is -1.05. The van der Waals surface area contributed by atoms with Crippen LogP contribution in [-0.2, 0) is 14.3 Å². The molecule has 1 heterocycles. The van der Waals surface area contributed by atoms with Crippen molar-refractivity contribution in [3.05, 3.63) is 116 Å². The van der Waals surface area contributed by atoms with Crippen LogP contribution in [0.4, 0.5) is 5.69 Å². The Bertz CT molecular complexity index is 1360. The molecule has 0 radical (unpaired) electrons. The number of nitro benzene ring substituents is 1. The Labute approximate surface area is 198 Å². The summed E-state index contributed by atoms with van der Waals surface area (Å²) in [7, 11) is 0. The van der Waals surface area contributed by atoms with Crippen molar-refractivity contribution in [1.29, 1.82) is 0 Å². The van der Waals surface area contributed by atoms with Crippen molar-refractivity contribution in [2.45, 2.75) is 0 Å². The predicted octanol–water partition coefficient (Wildman–Crippen LogP) is 5.21. The van der Waals surface area contributed by atoms with Gasteiger partial charge in [0.05, 0.1) is 4.92 Å². The standard InChI is InChI=1S/C25H15ClN2O6/c26-19-10-5-16(6-11-19)7-14-23(29)33-22-4-2-1-3-18(22)15-21-25(30)34-24(27-21)17-8-12-20(13-9-17)28(31)32/h1-15H/b14-7+,21-15-. The predicted molar refractivity (Wildman–Crippen MR) is 126 cm³/mol. The molecule has 0 saturated heterocycles. The van der Waals surface area contributed by atoms with Gasteiger partial charge in [-0.1, -0.05) is 41.9 Å². The van der Waals surface area contributed by atoms with Gasteiger partial charge in [0.15, 0.2) is 5.70 Å². The Morgan fingerprint density at radius 2 is 1.74 bits per heavy atom. The van der Waals surface area contributed by atoms with Gasteiger partial charge in [-0.15, -0.1) is 0 Å². The average molecular weight is 475 g/mol. The minimum Gasteiger partial charge on any atom is -0.423 e. The van der Waals surface area contributed by atoms with Crippen LogP contribution >= 0.6 is 11.6 Å². The lowest BCUT2D eigenvalue weighted by Crippen LogP contribution is -2.06. The first-order valence-corrected chi connectivity index (χ1v) is 10.3. The first kappa shape index (κ1) is 22.6. The fraction of sp³-hybridized carbons (Fsp3) is 0. The van der Waals surface area contributed by atoms with Gasteiger partial charge in [-0.3, -0.25) is 10.1 Å². The van der Waals surface area contributed by atoms with Crippen LogP contribution in [-0.4, -0.2) is 22.8 Å². The fourth-order valence-corrected chi connectivity index (χ4v) is 3.10. The summed E-state index contributed by atoms with van der Waals surface area (Å²) in [5, 5.41) is 11.4. The molecule has 9 heteroatoms. The van der Waals surface area contributed by atoms with Crippen molar-refractivity contribution in [2.75, 3.05) is 0 Å². The van der Waals surface area contributed by atoms with Crippen LogP contribution in [0.5, 0.6) is 5.75 Å². The molecule has 3 aromatic carbocycles. The summed E-state index contributed by atoms with van der Waals surface area (Å²) >= 11 is 5.85. The van der Waals surface area contributed by atoms with Crippen LogP contribution < -0.4 is 4.74 Å². The van der Waals surface area contributed by atoms with E-state index in [1.165, 1.54) is 36.4 Å². The highest BCUT2D eigenvalue weighted by Gasteiger charge is 2.25. The minimum atomic E-state index is -0.697. The van der Waals surface area contributed by atoms with Crippen molar-refractivity contribution in [3.63, 3.8) is 0 Å². The van der Waals surface area contributed by atoms with E-state index in [1.807, 2.05) is 0 Å². The number of halogens is 1. The van der Waals surface area contributed by atoms with Crippen LogP contribution in [0.2, 0.25) is 5.02 Å². The molecule has 34 heavy (non-hydrogen) atoms. The van der Waals surface area contributed by atoms with E-state index in [2.05, 4.69) is 4.99 Å². The zero-order chi connectivity index (χ0) is 24.1. The molecule has 0 fully saturated rings. The van der Waals surface area contributed by atoms with Gasteiger partial charge in [-0.05, 0) is 48.0 Å². The Morgan fingerprint density at radius 1 is 1.03 bits per heavy atom. The Balaban J connectivity index is 1.53. The smallest absolute Gasteiger partial charge is 0.363 e. The number of non-ortho nitro benzene ring substituents is 1. The molecular formula is C25H15ClN2O6. The molecule has 0 saturated carbocycles. The largest absolute Gasteiger partial charge is 0.423 e. The maximum absolute atomic E-state index is 12.3. The molecule has 8 nitrogen and oxygen atoms in total. The number of rotatable bonds is 6. The maximum Gasteiger partial charge on any atom is 0.363 e. The number of para-hydroxylation sites is 1. The fourth-order valence-electron chi connectivity index (χ4n) is 2.98. The SMILES string of the molecule is O=C(/C=C/c1ccc(Cl)cc1)Oc1ccccc1/C=C1\N=C(c2ccc([N+](=O)[O-])cc2)OC1=O. The number of esters is 2. The topological polar surface area (TPSA) is 108 Å². The summed E-state index contributed by atoms with van der Waals surface area (Å²) in [6, 6.07) is 19.0. The van der Waals surface area contributed by atoms with E-state index < -0.39 is 16.9 Å². The second kappa shape index (κ2) is 9.93. The molecule has 0 atom stereocenters. The van der Waals surface area contributed by atoms with Crippen LogP contribution in [0.25, 0.3) is 12.2 Å². The number of aliphatic imine (C=N–C) groups is 1. The van der Waals surface area contributed by atoms with Gasteiger partial charge in [0.1, 0.15) is 5.75 Å². The molecule has 0 N–H and O–H groups in total. The molecular weight excluding hydrogens is 460 g/mol. The van der Waals surface area contributed by atoms with Gasteiger partial charge in [-0.25, -0.2) is 14.6 Å². The number of nitrogens with zero attached hydrogens (tertiary/aromatic N) is 2. The number of cyclic esters (lactones) is 1. The maximum atomic E-state index is 12.3. The van der Waals surface area contributed by atoms with Crippen LogP contribution in [0, 0.1) is 10.1 Å². The third kappa shape index (κ3) is 5.43. The van der Waals surface area contributed by atoms with Crippen molar-refractivity contribution >= 4 is 47.3 Å². The Morgan fingerprint density at radius 3 is 2.44 bits per heavy atom. The Hall–Kier alpha value is -4.56. The van der Waals surface area contributed by atoms with E-state index in [4.69, 9.17) is 21.1 Å². The van der Waals surface area contributed by atoms with E-state index in [1.54, 1.807) is 54.6 Å². The quantitative estimate of drug-likeness (QED) is 0.159. The molecule has 1 aliphatic heterocycles. The number of ether oxygens (including phenoxy) is 2. The summed E-state index contributed by atoms with van der Waals surface area (Å²) in [4.78, 5) is 39.1. The first-order valence-electron chi connectivity index (χ1n) is 9.91. The first-order chi connectivity index (χ1) is 16.4. The number of carbonyl (C=O) groups is 2. The molecule has 0 amide bonds. The van der Waals surface area contributed by atoms with Crippen molar-refractivity contribution < 1.29 is 24.0 Å². The van der Waals surface area contributed by atoms with Crippen LogP contribution in [0.3, 0.4) is 0 Å². The number of carbonyl (C=O) groups excluding carboxylic acids is 2. The zero-order valence-corrected chi connectivity index (χ0v) is 18.1. The van der Waals surface area contributed by atoms with E-state index in [-0.39, 0.29) is 23.0 Å². The minimum absolute atomic E-state index is 0.00596. The van der Waals surface area contributed by atoms with Crippen molar-refractivity contribution in [1.82, 2.24) is 0 Å². The lowest BCUT2D eigenvalue weighted by Gasteiger charge is -2.05. The summed E-state index contributed by atoms with van der Waals surface area (Å²) in [5.41, 5.74) is 1.53. The normalized spacial score (nSPS) is 14.2. The van der Waals surface area contributed by atoms with Gasteiger partial charge in [0, 0.05) is 34.4 Å². The molecule has 168 valence electrons. The third-order valence-electron chi connectivity index (χ3n) is 4.65. The number of nitro groups is 1. The lowest BCUT2D eigenvalue weighted by molar-refractivity contribution is -0.384. The number of benzene rings is 3. The van der Waals surface area contributed by atoms with Crippen LogP contribution in [0.1, 0.15) is 16.7 Å². The number of hydrogen-bond donors (Lipinski definition) is 0. The molecule has 0 aliphatic carbocycles. The number of hydrogen-bond acceptors (Lipinski definition) is 7. The highest BCUT2D eigenvalue weighted by Crippen LogP contribution is 2.25. The molecule has 0 unspecified atom stereocenters. The van der Waals surface area contributed by atoms with Crippen molar-refractivity contribution in [3.8, 4) is 5.75 Å². The summed E-state index contributed by atoms with van der Waals surface area (Å²) < 4.78 is 10.6. The second-order valence-electron chi connectivity index (χ2n) is 6.98. The molecule has 4 rings (SSSR count). The molecule has 0 spiro atoms. The summed E-state index contributed by atoms with van der Waals surface area (Å²) in [6.45, 7) is 0. The highest BCUT2D eigenvalue weighted by atomic mass is 35.5. The average Bonchev–Trinajstić information content (AvgIpc) is 3.20. The van der Waals surface area contributed by atoms with E-state index >= 15 is 0 Å². The Kier molecular flexibility index (Phi) is 6.61. The van der Waals surface area contributed by atoms with E-state index in [0.29, 0.717) is 16.1 Å². The highest BCUT2D eigenvalue weighted by molar-refractivity contribution is 6.30. The zero-order valence-electron chi connectivity index (χ0n) is 17.4. The third-order valence-corrected chi connectivity index (χ3v) is 4.90. The summed E-state index contributed by atoms with van der Waals surface area (Å²) in [6.07, 6.45) is 4.31. The van der Waals surface area contributed by atoms with Crippen LogP contribution in [0.15, 0.2) is 89.6 Å². The molecule has 0 bridgehead atoms. The second-order valence-corrected chi connectivity index (χ2v) is 7.42. The molecule has 0 aromatic heterocycles. The van der Waals surface area contributed by atoms with Gasteiger partial charge in [-0.2, -0.15) is 0 Å².